The first-order chi connectivity index (χ1) is 12.4. The molecule has 1 saturated heterocycles. The van der Waals surface area contributed by atoms with Crippen LogP contribution in [0.5, 0.6) is 0 Å². The van der Waals surface area contributed by atoms with Gasteiger partial charge in [0.2, 0.25) is 5.78 Å². The van der Waals surface area contributed by atoms with Crippen LogP contribution in [0.2, 0.25) is 0 Å². The predicted molar refractivity (Wildman–Crippen MR) is 86.8 cm³/mol. The molecule has 0 aliphatic carbocycles. The summed E-state index contributed by atoms with van der Waals surface area (Å²) < 4.78 is 44.3. The van der Waals surface area contributed by atoms with Gasteiger partial charge < -0.3 is 9.32 Å². The molecule has 2 aromatic rings. The lowest BCUT2D eigenvalue weighted by molar-refractivity contribution is -0.138. The van der Waals surface area contributed by atoms with Crippen LogP contribution in [0.4, 0.5) is 13.2 Å². The summed E-state index contributed by atoms with van der Waals surface area (Å²) in [5, 5.41) is 0. The maximum atomic E-state index is 13.1. The fourth-order valence-electron chi connectivity index (χ4n) is 2.91. The fourth-order valence-corrected chi connectivity index (χ4v) is 2.91. The van der Waals surface area contributed by atoms with Gasteiger partial charge in [-0.15, -0.1) is 0 Å². The molecular formula is C18H17F3N2O3. The van der Waals surface area contributed by atoms with Crippen molar-refractivity contribution in [2.24, 2.45) is 0 Å². The normalized spacial score (nSPS) is 15.9. The van der Waals surface area contributed by atoms with Crippen molar-refractivity contribution in [2.75, 3.05) is 32.7 Å². The predicted octanol–water partition coefficient (Wildman–Crippen LogP) is 2.94. The van der Waals surface area contributed by atoms with Crippen molar-refractivity contribution in [1.29, 1.82) is 0 Å². The van der Waals surface area contributed by atoms with Crippen LogP contribution in [0.25, 0.3) is 0 Å². The molecule has 0 saturated carbocycles. The third-order valence-corrected chi connectivity index (χ3v) is 4.29. The summed E-state index contributed by atoms with van der Waals surface area (Å²) >= 11 is 0. The van der Waals surface area contributed by atoms with Gasteiger partial charge in [-0.3, -0.25) is 14.5 Å². The van der Waals surface area contributed by atoms with Crippen LogP contribution in [0.1, 0.15) is 26.5 Å². The Morgan fingerprint density at radius 3 is 2.31 bits per heavy atom. The highest BCUT2D eigenvalue weighted by atomic mass is 19.4. The Hall–Kier alpha value is -2.61. The van der Waals surface area contributed by atoms with E-state index in [1.807, 2.05) is 4.90 Å². The lowest BCUT2D eigenvalue weighted by atomic mass is 10.1. The molecule has 138 valence electrons. The number of Topliss-reactive ketones (excluding diaryl/α,β-unsaturated/α-hetero) is 1. The molecular weight excluding hydrogens is 349 g/mol. The lowest BCUT2D eigenvalue weighted by Gasteiger charge is -2.34. The van der Waals surface area contributed by atoms with E-state index in [-0.39, 0.29) is 36.7 Å². The molecule has 1 aromatic heterocycles. The molecule has 1 aliphatic rings. The summed E-state index contributed by atoms with van der Waals surface area (Å²) in [5.74, 6) is -0.547. The van der Waals surface area contributed by atoms with Crippen molar-refractivity contribution in [3.8, 4) is 0 Å². The van der Waals surface area contributed by atoms with E-state index >= 15 is 0 Å². The van der Waals surface area contributed by atoms with Gasteiger partial charge in [0, 0.05) is 26.2 Å². The van der Waals surface area contributed by atoms with Crippen LogP contribution < -0.4 is 0 Å². The number of halogens is 3. The molecule has 0 bridgehead atoms. The van der Waals surface area contributed by atoms with Crippen LogP contribution in [-0.2, 0) is 6.18 Å². The Morgan fingerprint density at radius 1 is 1.00 bits per heavy atom. The van der Waals surface area contributed by atoms with Crippen LogP contribution in [0.3, 0.4) is 0 Å². The number of alkyl halides is 3. The van der Waals surface area contributed by atoms with E-state index in [0.717, 1.165) is 6.07 Å². The number of rotatable bonds is 4. The first-order valence-electron chi connectivity index (χ1n) is 8.11. The second-order valence-electron chi connectivity index (χ2n) is 6.01. The number of nitrogens with zero attached hydrogens (tertiary/aromatic N) is 2. The quantitative estimate of drug-likeness (QED) is 0.781. The molecule has 1 aliphatic heterocycles. The van der Waals surface area contributed by atoms with Gasteiger partial charge in [-0.05, 0) is 24.3 Å². The van der Waals surface area contributed by atoms with Crippen LogP contribution in [0, 0.1) is 0 Å². The van der Waals surface area contributed by atoms with Crippen molar-refractivity contribution in [3.63, 3.8) is 0 Å². The van der Waals surface area contributed by atoms with E-state index in [9.17, 15) is 22.8 Å². The van der Waals surface area contributed by atoms with E-state index in [1.54, 1.807) is 12.1 Å². The number of piperazine rings is 1. The Balaban J connectivity index is 1.62. The average Bonchev–Trinajstić information content (AvgIpc) is 3.16. The molecule has 26 heavy (non-hydrogen) atoms. The van der Waals surface area contributed by atoms with Gasteiger partial charge in [-0.1, -0.05) is 12.1 Å². The highest BCUT2D eigenvalue weighted by molar-refractivity contribution is 5.96. The molecule has 0 atom stereocenters. The number of carbonyl (C=O) groups excluding carboxylic acids is 2. The zero-order chi connectivity index (χ0) is 18.7. The number of amides is 1. The second-order valence-corrected chi connectivity index (χ2v) is 6.01. The number of hydrogen-bond donors (Lipinski definition) is 0. The van der Waals surface area contributed by atoms with Crippen molar-refractivity contribution >= 4 is 11.7 Å². The number of benzene rings is 1. The third kappa shape index (κ3) is 3.96. The Morgan fingerprint density at radius 2 is 1.69 bits per heavy atom. The largest absolute Gasteiger partial charge is 0.461 e. The SMILES string of the molecule is O=C(CN1CCN(C(=O)c2ccccc2C(F)(F)F)CC1)c1ccco1. The molecule has 8 heteroatoms. The molecule has 0 unspecified atom stereocenters. The zero-order valence-corrected chi connectivity index (χ0v) is 13.8. The summed E-state index contributed by atoms with van der Waals surface area (Å²) in [4.78, 5) is 27.8. The van der Waals surface area contributed by atoms with Crippen LogP contribution >= 0.6 is 0 Å². The van der Waals surface area contributed by atoms with E-state index in [4.69, 9.17) is 4.42 Å². The minimum Gasteiger partial charge on any atom is -0.461 e. The third-order valence-electron chi connectivity index (χ3n) is 4.29. The standard InChI is InChI=1S/C18H17F3N2O3/c19-18(20,21)14-5-2-1-4-13(14)17(25)23-9-7-22(8-10-23)12-15(24)16-6-3-11-26-16/h1-6,11H,7-10,12H2. The zero-order valence-electron chi connectivity index (χ0n) is 13.8. The maximum absolute atomic E-state index is 13.1. The number of furan rings is 1. The minimum atomic E-state index is -4.58. The lowest BCUT2D eigenvalue weighted by Crippen LogP contribution is -2.50. The van der Waals surface area contributed by atoms with Gasteiger partial charge in [-0.25, -0.2) is 0 Å². The number of carbonyl (C=O) groups is 2. The maximum Gasteiger partial charge on any atom is 0.417 e. The van der Waals surface area contributed by atoms with Gasteiger partial charge >= 0.3 is 6.18 Å². The molecule has 3 rings (SSSR count). The summed E-state index contributed by atoms with van der Waals surface area (Å²) in [7, 11) is 0. The first-order valence-corrected chi connectivity index (χ1v) is 8.11. The fraction of sp³-hybridized carbons (Fsp3) is 0.333. The van der Waals surface area contributed by atoms with Crippen molar-refractivity contribution < 1.29 is 27.2 Å². The minimum absolute atomic E-state index is 0.148. The Labute approximate surface area is 148 Å². The number of ketones is 1. The molecule has 0 spiro atoms. The highest BCUT2D eigenvalue weighted by Crippen LogP contribution is 2.32. The van der Waals surface area contributed by atoms with Gasteiger partial charge in [0.1, 0.15) is 0 Å². The van der Waals surface area contributed by atoms with E-state index in [2.05, 4.69) is 0 Å². The van der Waals surface area contributed by atoms with E-state index < -0.39 is 17.6 Å². The van der Waals surface area contributed by atoms with Gasteiger partial charge in [-0.2, -0.15) is 13.2 Å². The molecule has 5 nitrogen and oxygen atoms in total. The average molecular weight is 366 g/mol. The van der Waals surface area contributed by atoms with E-state index in [0.29, 0.717) is 13.1 Å². The summed E-state index contributed by atoms with van der Waals surface area (Å²) in [5.41, 5.74) is -1.28. The van der Waals surface area contributed by atoms with Gasteiger partial charge in [0.05, 0.1) is 23.9 Å². The first kappa shape index (κ1) is 18.2. The van der Waals surface area contributed by atoms with Crippen molar-refractivity contribution in [1.82, 2.24) is 9.80 Å². The molecule has 0 N–H and O–H groups in total. The second kappa shape index (κ2) is 7.33. The van der Waals surface area contributed by atoms with Crippen LogP contribution in [0.15, 0.2) is 47.1 Å². The Kier molecular flexibility index (Phi) is 5.13. The molecule has 1 fully saturated rings. The molecule has 1 aromatic carbocycles. The molecule has 0 radical (unpaired) electrons. The van der Waals surface area contributed by atoms with Crippen LogP contribution in [-0.4, -0.2) is 54.2 Å². The van der Waals surface area contributed by atoms with Gasteiger partial charge in [0.25, 0.3) is 5.91 Å². The van der Waals surface area contributed by atoms with Crippen molar-refractivity contribution in [3.05, 3.63) is 59.5 Å². The van der Waals surface area contributed by atoms with Crippen molar-refractivity contribution in [2.45, 2.75) is 6.18 Å². The summed E-state index contributed by atoms with van der Waals surface area (Å²) in [6.07, 6.45) is -3.16. The summed E-state index contributed by atoms with van der Waals surface area (Å²) in [6, 6.07) is 7.99. The molecule has 2 heterocycles. The Bertz CT molecular complexity index is 779. The monoisotopic (exact) mass is 366 g/mol. The highest BCUT2D eigenvalue weighted by Gasteiger charge is 2.36. The topological polar surface area (TPSA) is 53.8 Å². The molecule has 1 amide bonds. The van der Waals surface area contributed by atoms with Gasteiger partial charge in [0.15, 0.2) is 5.76 Å². The summed E-state index contributed by atoms with van der Waals surface area (Å²) in [6.45, 7) is 1.49. The number of hydrogen-bond acceptors (Lipinski definition) is 4. The smallest absolute Gasteiger partial charge is 0.417 e. The van der Waals surface area contributed by atoms with E-state index in [1.165, 1.54) is 29.4 Å².